The Morgan fingerprint density at radius 1 is 1.14 bits per heavy atom. The predicted molar refractivity (Wildman–Crippen MR) is 118 cm³/mol. The summed E-state index contributed by atoms with van der Waals surface area (Å²) in [6.45, 7) is 7.96. The van der Waals surface area contributed by atoms with Crippen LogP contribution in [0.1, 0.15) is 61.3 Å². The molecule has 0 aliphatic heterocycles. The van der Waals surface area contributed by atoms with Crippen molar-refractivity contribution >= 4 is 5.91 Å². The quantitative estimate of drug-likeness (QED) is 0.672. The van der Waals surface area contributed by atoms with E-state index in [1.165, 1.54) is 22.3 Å². The number of nitrogens with one attached hydrogen (secondary N) is 1. The number of amides is 1. The number of nitrogens with zero attached hydrogens (tertiary/aromatic N) is 1. The number of carbonyl (C=O) groups excluding carboxylic acids is 1. The number of hydrogen-bond acceptors (Lipinski definition) is 3. The highest BCUT2D eigenvalue weighted by atomic mass is 16.5. The van der Waals surface area contributed by atoms with Gasteiger partial charge in [0, 0.05) is 19.5 Å². The Hall–Kier alpha value is -2.33. The van der Waals surface area contributed by atoms with Gasteiger partial charge in [-0.1, -0.05) is 44.2 Å². The number of benzene rings is 2. The molecule has 4 heteroatoms. The number of rotatable bonds is 9. The first kappa shape index (κ1) is 21.4. The second kappa shape index (κ2) is 10.4. The molecule has 0 saturated carbocycles. The summed E-state index contributed by atoms with van der Waals surface area (Å²) in [5, 5.41) is 3.17. The first-order chi connectivity index (χ1) is 14.1. The van der Waals surface area contributed by atoms with Crippen molar-refractivity contribution < 1.29 is 9.53 Å². The molecule has 1 N–H and O–H groups in total. The predicted octanol–water partition coefficient (Wildman–Crippen LogP) is 4.66. The van der Waals surface area contributed by atoms with Gasteiger partial charge < -0.3 is 10.1 Å². The minimum Gasteiger partial charge on any atom is -0.497 e. The fourth-order valence-corrected chi connectivity index (χ4v) is 4.29. The summed E-state index contributed by atoms with van der Waals surface area (Å²) >= 11 is 0. The number of fused-ring (bicyclic) bond motifs is 1. The third-order valence-electron chi connectivity index (χ3n) is 6.10. The summed E-state index contributed by atoms with van der Waals surface area (Å²) in [6, 6.07) is 14.7. The molecule has 3 rings (SSSR count). The third kappa shape index (κ3) is 5.60. The molecule has 0 fully saturated rings. The van der Waals surface area contributed by atoms with Gasteiger partial charge in [-0.2, -0.15) is 0 Å². The molecule has 0 saturated heterocycles. The van der Waals surface area contributed by atoms with Gasteiger partial charge in [-0.25, -0.2) is 0 Å². The van der Waals surface area contributed by atoms with E-state index in [0.717, 1.165) is 44.6 Å². The average molecular weight is 395 g/mol. The lowest BCUT2D eigenvalue weighted by Crippen LogP contribution is -2.27. The van der Waals surface area contributed by atoms with Gasteiger partial charge in [-0.15, -0.1) is 0 Å². The van der Waals surface area contributed by atoms with Crippen molar-refractivity contribution in [1.29, 1.82) is 0 Å². The molecule has 156 valence electrons. The summed E-state index contributed by atoms with van der Waals surface area (Å²) in [5.74, 6) is 1.34. The van der Waals surface area contributed by atoms with Gasteiger partial charge in [0.2, 0.25) is 5.91 Å². The smallest absolute Gasteiger partial charge is 0.220 e. The maximum atomic E-state index is 12.7. The number of carbonyl (C=O) groups is 1. The molecule has 0 spiro atoms. The standard InChI is InChI=1S/C25H34N2O2/c1-4-27(5-2)18-22-10-7-6-9-21(22)17-26-25(28)16-20-12-8-11-19-15-23(29-3)13-14-24(19)20/h6-7,9-10,13-15,20H,4-5,8,11-12,16-18H2,1-3H3,(H,26,28). The molecule has 1 unspecified atom stereocenters. The van der Waals surface area contributed by atoms with Crippen molar-refractivity contribution in [2.24, 2.45) is 0 Å². The van der Waals surface area contributed by atoms with E-state index in [4.69, 9.17) is 4.74 Å². The van der Waals surface area contributed by atoms with Crippen LogP contribution in [0.2, 0.25) is 0 Å². The average Bonchev–Trinajstić information content (AvgIpc) is 2.76. The zero-order valence-corrected chi connectivity index (χ0v) is 18.0. The highest BCUT2D eigenvalue weighted by Gasteiger charge is 2.23. The molecule has 1 aliphatic rings. The van der Waals surface area contributed by atoms with E-state index in [-0.39, 0.29) is 5.91 Å². The summed E-state index contributed by atoms with van der Waals surface area (Å²) in [7, 11) is 1.70. The van der Waals surface area contributed by atoms with Crippen molar-refractivity contribution in [3.63, 3.8) is 0 Å². The molecule has 0 heterocycles. The van der Waals surface area contributed by atoms with Gasteiger partial charge >= 0.3 is 0 Å². The van der Waals surface area contributed by atoms with Gasteiger partial charge in [0.15, 0.2) is 0 Å². The van der Waals surface area contributed by atoms with Crippen LogP contribution in [0.3, 0.4) is 0 Å². The lowest BCUT2D eigenvalue weighted by Gasteiger charge is -2.25. The van der Waals surface area contributed by atoms with Crippen LogP contribution in [0.25, 0.3) is 0 Å². The first-order valence-corrected chi connectivity index (χ1v) is 10.9. The van der Waals surface area contributed by atoms with Gasteiger partial charge in [0.25, 0.3) is 0 Å². The second-order valence-electron chi connectivity index (χ2n) is 7.86. The maximum absolute atomic E-state index is 12.7. The molecule has 0 bridgehead atoms. The highest BCUT2D eigenvalue weighted by molar-refractivity contribution is 5.77. The van der Waals surface area contributed by atoms with Crippen molar-refractivity contribution in [2.75, 3.05) is 20.2 Å². The number of aryl methyl sites for hydroxylation is 1. The van der Waals surface area contributed by atoms with Gasteiger partial charge in [0.1, 0.15) is 5.75 Å². The Bertz CT molecular complexity index is 814. The van der Waals surface area contributed by atoms with Crippen LogP contribution in [0, 0.1) is 0 Å². The van der Waals surface area contributed by atoms with Gasteiger partial charge in [-0.3, -0.25) is 9.69 Å². The fourth-order valence-electron chi connectivity index (χ4n) is 4.29. The molecule has 1 aliphatic carbocycles. The molecule has 1 atom stereocenters. The number of methoxy groups -OCH3 is 1. The van der Waals surface area contributed by atoms with E-state index in [2.05, 4.69) is 60.5 Å². The number of hydrogen-bond donors (Lipinski definition) is 1. The second-order valence-corrected chi connectivity index (χ2v) is 7.86. The molecule has 1 amide bonds. The summed E-state index contributed by atoms with van der Waals surface area (Å²) < 4.78 is 5.36. The van der Waals surface area contributed by atoms with Crippen LogP contribution in [0.4, 0.5) is 0 Å². The monoisotopic (exact) mass is 394 g/mol. The van der Waals surface area contributed by atoms with Crippen LogP contribution < -0.4 is 10.1 Å². The van der Waals surface area contributed by atoms with Crippen LogP contribution in [0.15, 0.2) is 42.5 Å². The van der Waals surface area contributed by atoms with Crippen LogP contribution in [-0.2, 0) is 24.3 Å². The molecule has 0 aromatic heterocycles. The van der Waals surface area contributed by atoms with E-state index in [1.54, 1.807) is 7.11 Å². The topological polar surface area (TPSA) is 41.6 Å². The first-order valence-electron chi connectivity index (χ1n) is 10.9. The minimum atomic E-state index is 0.135. The van der Waals surface area contributed by atoms with E-state index in [9.17, 15) is 4.79 Å². The molecular weight excluding hydrogens is 360 g/mol. The molecule has 2 aromatic rings. The third-order valence-corrected chi connectivity index (χ3v) is 6.10. The summed E-state index contributed by atoms with van der Waals surface area (Å²) in [6.07, 6.45) is 3.83. The SMILES string of the molecule is CCN(CC)Cc1ccccc1CNC(=O)CC1CCCc2cc(OC)ccc21. The highest BCUT2D eigenvalue weighted by Crippen LogP contribution is 2.35. The Morgan fingerprint density at radius 3 is 2.62 bits per heavy atom. The molecule has 0 radical (unpaired) electrons. The van der Waals surface area contributed by atoms with E-state index in [1.807, 2.05) is 6.07 Å². The normalized spacial score (nSPS) is 15.8. The zero-order chi connectivity index (χ0) is 20.6. The van der Waals surface area contributed by atoms with Crippen LogP contribution in [0.5, 0.6) is 5.75 Å². The van der Waals surface area contributed by atoms with E-state index >= 15 is 0 Å². The van der Waals surface area contributed by atoms with Gasteiger partial charge in [0.05, 0.1) is 7.11 Å². The van der Waals surface area contributed by atoms with Gasteiger partial charge in [-0.05, 0) is 72.7 Å². The molecular formula is C25H34N2O2. The summed E-state index contributed by atoms with van der Waals surface area (Å²) in [5.41, 5.74) is 5.15. The fraction of sp³-hybridized carbons (Fsp3) is 0.480. The Morgan fingerprint density at radius 2 is 1.90 bits per heavy atom. The van der Waals surface area contributed by atoms with Crippen molar-refractivity contribution in [3.8, 4) is 5.75 Å². The molecule has 2 aromatic carbocycles. The van der Waals surface area contributed by atoms with E-state index in [0.29, 0.717) is 18.9 Å². The van der Waals surface area contributed by atoms with E-state index < -0.39 is 0 Å². The molecule has 4 nitrogen and oxygen atoms in total. The number of ether oxygens (including phenoxy) is 1. The zero-order valence-electron chi connectivity index (χ0n) is 18.0. The Kier molecular flexibility index (Phi) is 7.70. The van der Waals surface area contributed by atoms with Crippen molar-refractivity contribution in [1.82, 2.24) is 10.2 Å². The van der Waals surface area contributed by atoms with Crippen LogP contribution in [-0.4, -0.2) is 31.0 Å². The van der Waals surface area contributed by atoms with Crippen molar-refractivity contribution in [3.05, 3.63) is 64.7 Å². The van der Waals surface area contributed by atoms with Crippen molar-refractivity contribution in [2.45, 2.75) is 58.5 Å². The molecule has 29 heavy (non-hydrogen) atoms. The lowest BCUT2D eigenvalue weighted by molar-refractivity contribution is -0.121. The Labute approximate surface area is 175 Å². The Balaban J connectivity index is 1.60. The summed E-state index contributed by atoms with van der Waals surface area (Å²) in [4.78, 5) is 15.1. The largest absolute Gasteiger partial charge is 0.497 e. The minimum absolute atomic E-state index is 0.135. The maximum Gasteiger partial charge on any atom is 0.220 e. The lowest BCUT2D eigenvalue weighted by atomic mass is 9.81. The van der Waals surface area contributed by atoms with Crippen LogP contribution >= 0.6 is 0 Å².